The number of aromatic hydroxyl groups is 2. The van der Waals surface area contributed by atoms with Gasteiger partial charge < -0.3 is 26.4 Å². The van der Waals surface area contributed by atoms with Crippen LogP contribution in [0.5, 0.6) is 23.0 Å². The van der Waals surface area contributed by atoms with Crippen molar-refractivity contribution in [1.82, 2.24) is 0 Å². The van der Waals surface area contributed by atoms with E-state index in [1.807, 2.05) is 36.4 Å². The lowest BCUT2D eigenvalue weighted by molar-refractivity contribution is 0.450. The van der Waals surface area contributed by atoms with Crippen molar-refractivity contribution in [2.75, 3.05) is 11.5 Å². The van der Waals surface area contributed by atoms with E-state index in [4.69, 9.17) is 26.4 Å². The van der Waals surface area contributed by atoms with E-state index in [1.165, 1.54) is 18.2 Å². The highest BCUT2D eigenvalue weighted by atomic mass is 16.5. The number of para-hydroxylation sites is 4. The molecule has 0 heterocycles. The largest absolute Gasteiger partial charge is 0.508 e. The molecule has 0 saturated heterocycles. The second-order valence-corrected chi connectivity index (χ2v) is 4.70. The van der Waals surface area contributed by atoms with Crippen LogP contribution >= 0.6 is 0 Å². The zero-order valence-electron chi connectivity index (χ0n) is 12.4. The zero-order valence-corrected chi connectivity index (χ0v) is 12.4. The van der Waals surface area contributed by atoms with Crippen molar-refractivity contribution >= 4 is 11.4 Å². The molecule has 3 aromatic carbocycles. The minimum atomic E-state index is 0.0880. The molecule has 0 bridgehead atoms. The third-order valence-electron chi connectivity index (χ3n) is 2.89. The maximum absolute atomic E-state index is 8.65. The van der Waals surface area contributed by atoms with Crippen LogP contribution in [0.15, 0.2) is 72.8 Å². The molecule has 5 nitrogen and oxygen atoms in total. The van der Waals surface area contributed by atoms with E-state index < -0.39 is 0 Å². The quantitative estimate of drug-likeness (QED) is 0.540. The van der Waals surface area contributed by atoms with Crippen LogP contribution in [0.3, 0.4) is 0 Å². The first kappa shape index (κ1) is 16.0. The Bertz CT molecular complexity index is 715. The van der Waals surface area contributed by atoms with Gasteiger partial charge in [-0.2, -0.15) is 0 Å². The summed E-state index contributed by atoms with van der Waals surface area (Å²) in [5.74, 6) is 1.42. The molecule has 0 aliphatic heterocycles. The Labute approximate surface area is 134 Å². The van der Waals surface area contributed by atoms with Crippen molar-refractivity contribution in [3.8, 4) is 23.0 Å². The summed E-state index contributed by atoms with van der Waals surface area (Å²) in [5, 5.41) is 17.3. The second kappa shape index (κ2) is 7.61. The molecule has 0 unspecified atom stereocenters. The number of phenols is 2. The van der Waals surface area contributed by atoms with Crippen molar-refractivity contribution in [3.63, 3.8) is 0 Å². The lowest BCUT2D eigenvalue weighted by atomic mass is 10.3. The maximum atomic E-state index is 8.65. The van der Waals surface area contributed by atoms with Crippen molar-refractivity contribution in [2.45, 2.75) is 0 Å². The van der Waals surface area contributed by atoms with Crippen molar-refractivity contribution in [3.05, 3.63) is 72.8 Å². The molecule has 0 aliphatic rings. The summed E-state index contributed by atoms with van der Waals surface area (Å²) >= 11 is 0. The van der Waals surface area contributed by atoms with Gasteiger partial charge >= 0.3 is 0 Å². The van der Waals surface area contributed by atoms with Gasteiger partial charge in [-0.1, -0.05) is 30.3 Å². The van der Waals surface area contributed by atoms with Crippen LogP contribution in [0.25, 0.3) is 0 Å². The first-order chi connectivity index (χ1) is 11.1. The normalized spacial score (nSPS) is 9.57. The molecule has 0 radical (unpaired) electrons. The summed E-state index contributed by atoms with van der Waals surface area (Å²) < 4.78 is 5.59. The number of hydrogen-bond acceptors (Lipinski definition) is 5. The fraction of sp³-hybridized carbons (Fsp3) is 0. The SMILES string of the molecule is Nc1ccccc1Oc1ccccc1N.Oc1cccc(O)c1. The lowest BCUT2D eigenvalue weighted by Gasteiger charge is -2.09. The average Bonchev–Trinajstić information content (AvgIpc) is 2.52. The van der Waals surface area contributed by atoms with Gasteiger partial charge in [0.05, 0.1) is 11.4 Å². The van der Waals surface area contributed by atoms with Gasteiger partial charge in [0.1, 0.15) is 23.0 Å². The minimum absolute atomic E-state index is 0.0880. The predicted molar refractivity (Wildman–Crippen MR) is 91.6 cm³/mol. The van der Waals surface area contributed by atoms with Gasteiger partial charge in [-0.05, 0) is 36.4 Å². The summed E-state index contributed by atoms with van der Waals surface area (Å²) in [5.41, 5.74) is 12.7. The van der Waals surface area contributed by atoms with Gasteiger partial charge in [-0.3, -0.25) is 0 Å². The Morgan fingerprint density at radius 2 is 1.04 bits per heavy atom. The summed E-state index contributed by atoms with van der Waals surface area (Å²) in [6.45, 7) is 0. The van der Waals surface area contributed by atoms with Crippen molar-refractivity contribution < 1.29 is 14.9 Å². The number of rotatable bonds is 2. The molecule has 0 atom stereocenters. The van der Waals surface area contributed by atoms with E-state index in [2.05, 4.69) is 0 Å². The summed E-state index contributed by atoms with van der Waals surface area (Å²) in [6, 6.07) is 20.5. The molecular weight excluding hydrogens is 292 g/mol. The highest BCUT2D eigenvalue weighted by molar-refractivity contribution is 5.58. The highest BCUT2D eigenvalue weighted by Crippen LogP contribution is 2.30. The van der Waals surface area contributed by atoms with Crippen molar-refractivity contribution in [2.24, 2.45) is 0 Å². The molecule has 0 saturated carbocycles. The molecule has 23 heavy (non-hydrogen) atoms. The summed E-state index contributed by atoms with van der Waals surface area (Å²) in [4.78, 5) is 0. The van der Waals surface area contributed by atoms with Crippen LogP contribution in [0.2, 0.25) is 0 Å². The molecule has 0 fully saturated rings. The van der Waals surface area contributed by atoms with Crippen LogP contribution in [0, 0.1) is 0 Å². The molecule has 118 valence electrons. The van der Waals surface area contributed by atoms with Crippen LogP contribution < -0.4 is 16.2 Å². The van der Waals surface area contributed by atoms with E-state index in [0.29, 0.717) is 22.9 Å². The molecule has 0 amide bonds. The summed E-state index contributed by atoms with van der Waals surface area (Å²) in [7, 11) is 0. The number of nitrogens with two attached hydrogens (primary N) is 2. The number of nitrogen functional groups attached to an aromatic ring is 2. The number of phenolic OH excluding ortho intramolecular Hbond substituents is 2. The van der Waals surface area contributed by atoms with E-state index >= 15 is 0 Å². The number of benzene rings is 3. The van der Waals surface area contributed by atoms with Gasteiger partial charge in [-0.25, -0.2) is 0 Å². The highest BCUT2D eigenvalue weighted by Gasteiger charge is 2.02. The third-order valence-corrected chi connectivity index (χ3v) is 2.89. The first-order valence-corrected chi connectivity index (χ1v) is 6.91. The standard InChI is InChI=1S/C12H12N2O.C6H6O2/c13-9-5-1-3-7-11(9)15-12-8-4-2-6-10(12)14;7-5-2-1-3-6(8)4-5/h1-8H,13-14H2;1-4,7-8H. The summed E-state index contributed by atoms with van der Waals surface area (Å²) in [6.07, 6.45) is 0. The van der Waals surface area contributed by atoms with Crippen LogP contribution in [0.1, 0.15) is 0 Å². The fourth-order valence-corrected chi connectivity index (χ4v) is 1.76. The monoisotopic (exact) mass is 310 g/mol. The van der Waals surface area contributed by atoms with Crippen LogP contribution in [-0.4, -0.2) is 10.2 Å². The molecule has 3 rings (SSSR count). The number of ether oxygens (including phenoxy) is 1. The Balaban J connectivity index is 0.000000203. The van der Waals surface area contributed by atoms with Gasteiger partial charge in [0.2, 0.25) is 0 Å². The molecule has 0 aliphatic carbocycles. The van der Waals surface area contributed by atoms with Gasteiger partial charge in [-0.15, -0.1) is 0 Å². The maximum Gasteiger partial charge on any atom is 0.150 e. The predicted octanol–water partition coefficient (Wildman–Crippen LogP) is 3.74. The lowest BCUT2D eigenvalue weighted by Crippen LogP contribution is -1.94. The zero-order chi connectivity index (χ0) is 16.7. The minimum Gasteiger partial charge on any atom is -0.508 e. The van der Waals surface area contributed by atoms with Gasteiger partial charge in [0, 0.05) is 6.07 Å². The number of anilines is 2. The average molecular weight is 310 g/mol. The topological polar surface area (TPSA) is 102 Å². The molecule has 0 aromatic heterocycles. The Morgan fingerprint density at radius 1 is 0.609 bits per heavy atom. The van der Waals surface area contributed by atoms with Gasteiger partial charge in [0.15, 0.2) is 0 Å². The second-order valence-electron chi connectivity index (χ2n) is 4.70. The van der Waals surface area contributed by atoms with Crippen LogP contribution in [0.4, 0.5) is 11.4 Å². The molecule has 5 heteroatoms. The molecule has 3 aromatic rings. The van der Waals surface area contributed by atoms with E-state index in [1.54, 1.807) is 18.2 Å². The smallest absolute Gasteiger partial charge is 0.150 e. The Kier molecular flexibility index (Phi) is 5.30. The van der Waals surface area contributed by atoms with Crippen molar-refractivity contribution in [1.29, 1.82) is 0 Å². The molecular formula is C18H18N2O3. The van der Waals surface area contributed by atoms with Crippen LogP contribution in [-0.2, 0) is 0 Å². The third kappa shape index (κ3) is 4.86. The Morgan fingerprint density at radius 3 is 1.39 bits per heavy atom. The number of hydrogen-bond donors (Lipinski definition) is 4. The Hall–Kier alpha value is -3.34. The van der Waals surface area contributed by atoms with E-state index in [-0.39, 0.29) is 11.5 Å². The van der Waals surface area contributed by atoms with E-state index in [9.17, 15) is 0 Å². The molecule has 0 spiro atoms. The first-order valence-electron chi connectivity index (χ1n) is 6.91. The van der Waals surface area contributed by atoms with E-state index in [0.717, 1.165) is 0 Å². The molecule has 6 N–H and O–H groups in total. The van der Waals surface area contributed by atoms with Gasteiger partial charge in [0.25, 0.3) is 0 Å². The fourth-order valence-electron chi connectivity index (χ4n) is 1.76.